The summed E-state index contributed by atoms with van der Waals surface area (Å²) >= 11 is 5.77. The first kappa shape index (κ1) is 13.9. The van der Waals surface area contributed by atoms with Gasteiger partial charge in [-0.2, -0.15) is 4.98 Å². The molecule has 0 amide bonds. The SMILES string of the molecule is CC(C)(O)c1cccc(-n2cc(F)c3cnc(Cl)nc32)n1. The average Bonchev–Trinajstić information content (AvgIpc) is 2.75. The molecular formula is C14H12ClFN4O. The Kier molecular flexibility index (Phi) is 3.15. The van der Waals surface area contributed by atoms with Gasteiger partial charge in [0.05, 0.1) is 11.1 Å². The van der Waals surface area contributed by atoms with Gasteiger partial charge in [0.25, 0.3) is 0 Å². The lowest BCUT2D eigenvalue weighted by Crippen LogP contribution is -2.18. The van der Waals surface area contributed by atoms with Gasteiger partial charge in [0, 0.05) is 12.4 Å². The number of hydrogen-bond donors (Lipinski definition) is 1. The van der Waals surface area contributed by atoms with E-state index in [-0.39, 0.29) is 10.7 Å². The highest BCUT2D eigenvalue weighted by molar-refractivity contribution is 6.28. The Bertz CT molecular complexity index is 825. The van der Waals surface area contributed by atoms with Gasteiger partial charge in [0.2, 0.25) is 5.28 Å². The first-order valence-electron chi connectivity index (χ1n) is 6.25. The summed E-state index contributed by atoms with van der Waals surface area (Å²) < 4.78 is 15.4. The van der Waals surface area contributed by atoms with Crippen LogP contribution in [-0.4, -0.2) is 24.6 Å². The molecule has 7 heteroatoms. The van der Waals surface area contributed by atoms with Gasteiger partial charge in [0.15, 0.2) is 11.5 Å². The monoisotopic (exact) mass is 306 g/mol. The van der Waals surface area contributed by atoms with Crippen LogP contribution in [0.4, 0.5) is 4.39 Å². The van der Waals surface area contributed by atoms with E-state index < -0.39 is 11.4 Å². The van der Waals surface area contributed by atoms with E-state index >= 15 is 0 Å². The van der Waals surface area contributed by atoms with Gasteiger partial charge in [-0.15, -0.1) is 0 Å². The molecule has 0 bridgehead atoms. The van der Waals surface area contributed by atoms with Crippen molar-refractivity contribution in [2.24, 2.45) is 0 Å². The summed E-state index contributed by atoms with van der Waals surface area (Å²) in [7, 11) is 0. The van der Waals surface area contributed by atoms with E-state index in [1.165, 1.54) is 17.0 Å². The van der Waals surface area contributed by atoms with Crippen molar-refractivity contribution in [3.63, 3.8) is 0 Å². The van der Waals surface area contributed by atoms with Gasteiger partial charge in [-0.05, 0) is 37.6 Å². The van der Waals surface area contributed by atoms with Crippen molar-refractivity contribution in [1.82, 2.24) is 19.5 Å². The van der Waals surface area contributed by atoms with Crippen molar-refractivity contribution in [1.29, 1.82) is 0 Å². The summed E-state index contributed by atoms with van der Waals surface area (Å²) in [6.45, 7) is 3.26. The molecule has 0 unspecified atom stereocenters. The molecule has 0 fully saturated rings. The second kappa shape index (κ2) is 4.75. The van der Waals surface area contributed by atoms with Gasteiger partial charge in [0.1, 0.15) is 11.4 Å². The third-order valence-corrected chi connectivity index (χ3v) is 3.26. The lowest BCUT2D eigenvalue weighted by atomic mass is 10.1. The molecule has 3 heterocycles. The first-order valence-corrected chi connectivity index (χ1v) is 6.63. The lowest BCUT2D eigenvalue weighted by Gasteiger charge is -2.17. The summed E-state index contributed by atoms with van der Waals surface area (Å²) in [5, 5.41) is 10.3. The highest BCUT2D eigenvalue weighted by Crippen LogP contribution is 2.24. The standard InChI is InChI=1S/C14H12ClFN4O/c1-14(2,21)10-4-3-5-11(18-10)20-7-9(16)8-6-17-13(15)19-12(8)20/h3-7,21H,1-2H3. The van der Waals surface area contributed by atoms with E-state index in [2.05, 4.69) is 15.0 Å². The Morgan fingerprint density at radius 3 is 2.76 bits per heavy atom. The molecule has 0 saturated heterocycles. The second-order valence-corrected chi connectivity index (χ2v) is 5.50. The molecule has 108 valence electrons. The van der Waals surface area contributed by atoms with Gasteiger partial charge in [-0.1, -0.05) is 6.07 Å². The third-order valence-electron chi connectivity index (χ3n) is 3.08. The highest BCUT2D eigenvalue weighted by Gasteiger charge is 2.19. The Labute approximate surface area is 125 Å². The predicted octanol–water partition coefficient (Wildman–Crippen LogP) is 2.84. The van der Waals surface area contributed by atoms with Crippen molar-refractivity contribution in [3.8, 4) is 5.82 Å². The molecule has 0 aliphatic carbocycles. The molecule has 5 nitrogen and oxygen atoms in total. The fourth-order valence-corrected chi connectivity index (χ4v) is 2.15. The topological polar surface area (TPSA) is 63.8 Å². The number of rotatable bonds is 2. The summed E-state index contributed by atoms with van der Waals surface area (Å²) in [5.41, 5.74) is -0.292. The molecule has 0 spiro atoms. The molecule has 0 aliphatic heterocycles. The summed E-state index contributed by atoms with van der Waals surface area (Å²) in [4.78, 5) is 12.2. The van der Waals surface area contributed by atoms with Crippen LogP contribution >= 0.6 is 11.6 Å². The van der Waals surface area contributed by atoms with E-state index in [1.54, 1.807) is 32.0 Å². The van der Waals surface area contributed by atoms with Gasteiger partial charge < -0.3 is 5.11 Å². The molecule has 1 N–H and O–H groups in total. The van der Waals surface area contributed by atoms with Crippen LogP contribution in [0, 0.1) is 5.82 Å². The average molecular weight is 307 g/mol. The van der Waals surface area contributed by atoms with Crippen molar-refractivity contribution in [2.75, 3.05) is 0 Å². The number of halogens is 2. The lowest BCUT2D eigenvalue weighted by molar-refractivity contribution is 0.0738. The summed E-state index contributed by atoms with van der Waals surface area (Å²) in [5.74, 6) is -0.0181. The quantitative estimate of drug-likeness (QED) is 0.739. The predicted molar refractivity (Wildman–Crippen MR) is 76.9 cm³/mol. The fourth-order valence-electron chi connectivity index (χ4n) is 2.02. The molecule has 0 saturated carbocycles. The van der Waals surface area contributed by atoms with Crippen LogP contribution in [0.15, 0.2) is 30.6 Å². The zero-order chi connectivity index (χ0) is 15.2. The Morgan fingerprint density at radius 1 is 1.29 bits per heavy atom. The van der Waals surface area contributed by atoms with Crippen molar-refractivity contribution in [3.05, 3.63) is 47.4 Å². The molecule has 0 aromatic carbocycles. The molecule has 0 radical (unpaired) electrons. The molecule has 3 rings (SSSR count). The van der Waals surface area contributed by atoms with E-state index in [4.69, 9.17) is 11.6 Å². The van der Waals surface area contributed by atoms with Gasteiger partial charge in [-0.25, -0.2) is 14.4 Å². The molecular weight excluding hydrogens is 295 g/mol. The Morgan fingerprint density at radius 2 is 2.05 bits per heavy atom. The largest absolute Gasteiger partial charge is 0.384 e. The van der Waals surface area contributed by atoms with E-state index in [1.807, 2.05) is 0 Å². The number of nitrogens with zero attached hydrogens (tertiary/aromatic N) is 4. The van der Waals surface area contributed by atoms with E-state index in [9.17, 15) is 9.50 Å². The van der Waals surface area contributed by atoms with E-state index in [0.29, 0.717) is 17.2 Å². The molecule has 21 heavy (non-hydrogen) atoms. The second-order valence-electron chi connectivity index (χ2n) is 5.16. The minimum absolute atomic E-state index is 0.0282. The number of aromatic nitrogens is 4. The van der Waals surface area contributed by atoms with Crippen LogP contribution in [-0.2, 0) is 5.60 Å². The Balaban J connectivity index is 2.23. The fraction of sp³-hybridized carbons (Fsp3) is 0.214. The normalized spacial score (nSPS) is 12.0. The van der Waals surface area contributed by atoms with Gasteiger partial charge in [-0.3, -0.25) is 4.57 Å². The number of aliphatic hydroxyl groups is 1. The highest BCUT2D eigenvalue weighted by atomic mass is 35.5. The molecule has 3 aromatic heterocycles. The minimum Gasteiger partial charge on any atom is -0.384 e. The minimum atomic E-state index is -1.09. The summed E-state index contributed by atoms with van der Waals surface area (Å²) in [6, 6.07) is 5.14. The Hall–Kier alpha value is -2.05. The van der Waals surface area contributed by atoms with Crippen LogP contribution in [0.5, 0.6) is 0 Å². The van der Waals surface area contributed by atoms with Crippen LogP contribution in [0.3, 0.4) is 0 Å². The van der Waals surface area contributed by atoms with Gasteiger partial charge >= 0.3 is 0 Å². The maximum absolute atomic E-state index is 13.9. The van der Waals surface area contributed by atoms with E-state index in [0.717, 1.165) is 0 Å². The smallest absolute Gasteiger partial charge is 0.224 e. The molecule has 0 aliphatic rings. The number of hydrogen-bond acceptors (Lipinski definition) is 4. The third kappa shape index (κ3) is 2.48. The van der Waals surface area contributed by atoms with Crippen LogP contribution in [0.2, 0.25) is 5.28 Å². The maximum Gasteiger partial charge on any atom is 0.224 e. The van der Waals surface area contributed by atoms with Crippen LogP contribution in [0.1, 0.15) is 19.5 Å². The molecule has 3 aromatic rings. The number of fused-ring (bicyclic) bond motifs is 1. The zero-order valence-electron chi connectivity index (χ0n) is 11.4. The maximum atomic E-state index is 13.9. The van der Waals surface area contributed by atoms with Crippen LogP contribution < -0.4 is 0 Å². The first-order chi connectivity index (χ1) is 9.86. The van der Waals surface area contributed by atoms with Crippen molar-refractivity contribution >= 4 is 22.6 Å². The van der Waals surface area contributed by atoms with Crippen LogP contribution in [0.25, 0.3) is 16.9 Å². The molecule has 0 atom stereocenters. The van der Waals surface area contributed by atoms with Crippen molar-refractivity contribution < 1.29 is 9.50 Å². The van der Waals surface area contributed by atoms with Crippen molar-refractivity contribution in [2.45, 2.75) is 19.4 Å². The zero-order valence-corrected chi connectivity index (χ0v) is 12.1. The number of pyridine rings is 1. The summed E-state index contributed by atoms with van der Waals surface area (Å²) in [6.07, 6.45) is 2.60.